The largest absolute Gasteiger partial charge is 0.466 e. The number of amides is 2. The van der Waals surface area contributed by atoms with Gasteiger partial charge in [-0.3, -0.25) is 14.5 Å². The number of ether oxygens (including phenoxy) is 2. The smallest absolute Gasteiger partial charge is 0.411 e. The van der Waals surface area contributed by atoms with E-state index in [0.29, 0.717) is 13.1 Å². The van der Waals surface area contributed by atoms with Crippen LogP contribution in [0.4, 0.5) is 4.79 Å². The van der Waals surface area contributed by atoms with Crippen molar-refractivity contribution in [2.75, 3.05) is 13.2 Å². The van der Waals surface area contributed by atoms with E-state index in [1.54, 1.807) is 32.6 Å². The first-order chi connectivity index (χ1) is 13.1. The molecule has 0 unspecified atom stereocenters. The number of carbonyl (C=O) groups excluding carboxylic acids is 3. The Morgan fingerprint density at radius 3 is 2.39 bits per heavy atom. The van der Waals surface area contributed by atoms with Crippen molar-refractivity contribution in [2.24, 2.45) is 0 Å². The molecule has 0 radical (unpaired) electrons. The predicted molar refractivity (Wildman–Crippen MR) is 104 cm³/mol. The Balaban J connectivity index is 2.26. The van der Waals surface area contributed by atoms with E-state index in [4.69, 9.17) is 9.47 Å². The van der Waals surface area contributed by atoms with Crippen molar-refractivity contribution >= 4 is 18.0 Å². The molecule has 2 rings (SSSR count). The van der Waals surface area contributed by atoms with Gasteiger partial charge in [0.1, 0.15) is 11.6 Å². The molecule has 154 valence electrons. The third kappa shape index (κ3) is 5.71. The molecule has 28 heavy (non-hydrogen) atoms. The van der Waals surface area contributed by atoms with Crippen molar-refractivity contribution < 1.29 is 23.9 Å². The number of esters is 1. The first-order valence-corrected chi connectivity index (χ1v) is 9.62. The number of carbonyl (C=O) groups is 3. The molecule has 2 atom stereocenters. The van der Waals surface area contributed by atoms with Crippen molar-refractivity contribution in [3.05, 3.63) is 35.9 Å². The highest BCUT2D eigenvalue weighted by Crippen LogP contribution is 2.24. The van der Waals surface area contributed by atoms with Crippen LogP contribution >= 0.6 is 0 Å². The van der Waals surface area contributed by atoms with Crippen LogP contribution in [0.15, 0.2) is 30.3 Å². The third-order valence-corrected chi connectivity index (χ3v) is 4.38. The van der Waals surface area contributed by atoms with Crippen LogP contribution in [0.2, 0.25) is 0 Å². The number of hydrogen-bond acceptors (Lipinski definition) is 5. The molecule has 1 aromatic carbocycles. The van der Waals surface area contributed by atoms with Gasteiger partial charge in [0.05, 0.1) is 19.1 Å². The van der Waals surface area contributed by atoms with Gasteiger partial charge < -0.3 is 14.4 Å². The Kier molecular flexibility index (Phi) is 7.05. The van der Waals surface area contributed by atoms with Gasteiger partial charge >= 0.3 is 12.1 Å². The molecule has 1 aromatic rings. The molecule has 0 spiro atoms. The zero-order valence-electron chi connectivity index (χ0n) is 17.3. The minimum absolute atomic E-state index is 0.193. The summed E-state index contributed by atoms with van der Waals surface area (Å²) in [5.41, 5.74) is 0.291. The van der Waals surface area contributed by atoms with E-state index in [0.717, 1.165) is 5.56 Å². The predicted octanol–water partition coefficient (Wildman–Crippen LogP) is 2.98. The molecule has 0 saturated carbocycles. The average Bonchev–Trinajstić information content (AvgIpc) is 2.58. The van der Waals surface area contributed by atoms with Gasteiger partial charge in [-0.2, -0.15) is 0 Å². The normalized spacial score (nSPS) is 20.1. The molecule has 1 saturated heterocycles. The molecule has 1 aliphatic heterocycles. The average molecular weight is 390 g/mol. The van der Waals surface area contributed by atoms with Crippen LogP contribution < -0.4 is 0 Å². The van der Waals surface area contributed by atoms with Crippen molar-refractivity contribution in [1.29, 1.82) is 0 Å². The van der Waals surface area contributed by atoms with E-state index in [-0.39, 0.29) is 25.0 Å². The second-order valence-corrected chi connectivity index (χ2v) is 7.97. The summed E-state index contributed by atoms with van der Waals surface area (Å²) in [6.45, 7) is 9.87. The maximum absolute atomic E-state index is 13.2. The minimum atomic E-state index is -0.943. The first-order valence-electron chi connectivity index (χ1n) is 9.62. The van der Waals surface area contributed by atoms with Crippen LogP contribution in [0.5, 0.6) is 0 Å². The van der Waals surface area contributed by atoms with Crippen molar-refractivity contribution in [3.8, 4) is 0 Å². The summed E-state index contributed by atoms with van der Waals surface area (Å²) in [7, 11) is 0. The molecule has 2 amide bonds. The maximum Gasteiger partial charge on any atom is 0.411 e. The van der Waals surface area contributed by atoms with Crippen LogP contribution in [0.1, 0.15) is 46.6 Å². The van der Waals surface area contributed by atoms with E-state index in [1.807, 2.05) is 37.3 Å². The minimum Gasteiger partial charge on any atom is -0.466 e. The number of benzene rings is 1. The van der Waals surface area contributed by atoms with Crippen molar-refractivity contribution in [2.45, 2.75) is 65.3 Å². The quantitative estimate of drug-likeness (QED) is 0.723. The standard InChI is InChI=1S/C21H30N2O5/c1-6-27-18(24)12-17-19(25)22(14-16-10-8-7-9-11-16)13-15(2)23(17)20(26)28-21(3,4)5/h7-11,15,17H,6,12-14H2,1-5H3/t15-,17-/m0/s1. The SMILES string of the molecule is CCOC(=O)C[C@H]1C(=O)N(Cc2ccccc2)C[C@H](C)N1C(=O)OC(C)(C)C. The molecule has 0 N–H and O–H groups in total. The fourth-order valence-corrected chi connectivity index (χ4v) is 3.27. The second-order valence-electron chi connectivity index (χ2n) is 7.97. The summed E-state index contributed by atoms with van der Waals surface area (Å²) < 4.78 is 10.5. The number of piperazine rings is 1. The van der Waals surface area contributed by atoms with Crippen molar-refractivity contribution in [1.82, 2.24) is 9.80 Å². The van der Waals surface area contributed by atoms with E-state index in [9.17, 15) is 14.4 Å². The van der Waals surface area contributed by atoms with Crippen molar-refractivity contribution in [3.63, 3.8) is 0 Å². The van der Waals surface area contributed by atoms with Crippen LogP contribution in [0.25, 0.3) is 0 Å². The Hall–Kier alpha value is -2.57. The molecule has 7 nitrogen and oxygen atoms in total. The van der Waals surface area contributed by atoms with Crippen LogP contribution in [-0.4, -0.2) is 58.6 Å². The zero-order chi connectivity index (χ0) is 20.9. The van der Waals surface area contributed by atoms with Crippen LogP contribution in [-0.2, 0) is 25.6 Å². The summed E-state index contributed by atoms with van der Waals surface area (Å²) in [4.78, 5) is 41.1. The van der Waals surface area contributed by atoms with Gasteiger partial charge in [-0.1, -0.05) is 30.3 Å². The van der Waals surface area contributed by atoms with Gasteiger partial charge in [-0.05, 0) is 40.2 Å². The second kappa shape index (κ2) is 9.08. The molecule has 1 fully saturated rings. The van der Waals surface area contributed by atoms with Gasteiger partial charge in [0.15, 0.2) is 0 Å². The van der Waals surface area contributed by atoms with E-state index < -0.39 is 23.7 Å². The lowest BCUT2D eigenvalue weighted by Crippen LogP contribution is -2.63. The lowest BCUT2D eigenvalue weighted by Gasteiger charge is -2.44. The molecular weight excluding hydrogens is 360 g/mol. The highest BCUT2D eigenvalue weighted by atomic mass is 16.6. The Morgan fingerprint density at radius 2 is 1.82 bits per heavy atom. The summed E-state index contributed by atoms with van der Waals surface area (Å²) in [6.07, 6.45) is -0.788. The summed E-state index contributed by atoms with van der Waals surface area (Å²) in [6, 6.07) is 8.39. The Morgan fingerprint density at radius 1 is 1.18 bits per heavy atom. The fraction of sp³-hybridized carbons (Fsp3) is 0.571. The number of nitrogens with zero attached hydrogens (tertiary/aromatic N) is 2. The molecule has 1 aliphatic rings. The molecular formula is C21H30N2O5. The van der Waals surface area contributed by atoms with Gasteiger partial charge in [0.2, 0.25) is 5.91 Å². The summed E-state index contributed by atoms with van der Waals surface area (Å²) in [5, 5.41) is 0. The van der Waals surface area contributed by atoms with E-state index >= 15 is 0 Å². The monoisotopic (exact) mass is 390 g/mol. The van der Waals surface area contributed by atoms with Gasteiger partial charge in [-0.15, -0.1) is 0 Å². The third-order valence-electron chi connectivity index (χ3n) is 4.38. The highest BCUT2D eigenvalue weighted by molar-refractivity contribution is 5.91. The molecule has 7 heteroatoms. The highest BCUT2D eigenvalue weighted by Gasteiger charge is 2.44. The van der Waals surface area contributed by atoms with Gasteiger partial charge in [0.25, 0.3) is 0 Å². The van der Waals surface area contributed by atoms with Gasteiger partial charge in [-0.25, -0.2) is 4.79 Å². The molecule has 1 heterocycles. The molecule has 0 aliphatic carbocycles. The molecule has 0 aromatic heterocycles. The molecule has 0 bridgehead atoms. The van der Waals surface area contributed by atoms with Crippen LogP contribution in [0.3, 0.4) is 0 Å². The summed E-state index contributed by atoms with van der Waals surface area (Å²) >= 11 is 0. The topological polar surface area (TPSA) is 76.2 Å². The lowest BCUT2D eigenvalue weighted by atomic mass is 10.0. The Labute approximate surface area is 166 Å². The zero-order valence-corrected chi connectivity index (χ0v) is 17.3. The Bertz CT molecular complexity index is 698. The summed E-state index contributed by atoms with van der Waals surface area (Å²) in [5.74, 6) is -0.788. The van der Waals surface area contributed by atoms with E-state index in [1.165, 1.54) is 4.90 Å². The van der Waals surface area contributed by atoms with Crippen LogP contribution in [0, 0.1) is 0 Å². The lowest BCUT2D eigenvalue weighted by molar-refractivity contribution is -0.154. The van der Waals surface area contributed by atoms with Gasteiger partial charge in [0, 0.05) is 13.1 Å². The first kappa shape index (κ1) is 21.7. The maximum atomic E-state index is 13.2. The fourth-order valence-electron chi connectivity index (χ4n) is 3.27. The number of hydrogen-bond donors (Lipinski definition) is 0. The van der Waals surface area contributed by atoms with E-state index in [2.05, 4.69) is 0 Å². The number of rotatable bonds is 5.